The van der Waals surface area contributed by atoms with Crippen molar-refractivity contribution >= 4 is 11.6 Å². The molecule has 1 atom stereocenters. The average molecular weight is 350 g/mol. The quantitative estimate of drug-likeness (QED) is 0.615. The van der Waals surface area contributed by atoms with Crippen molar-refractivity contribution in [3.05, 3.63) is 69.8 Å². The van der Waals surface area contributed by atoms with Crippen molar-refractivity contribution < 1.29 is 23.2 Å². The molecule has 0 fully saturated rings. The number of benzene rings is 2. The van der Waals surface area contributed by atoms with Gasteiger partial charge < -0.3 is 10.1 Å². The van der Waals surface area contributed by atoms with E-state index < -0.39 is 28.4 Å². The fraction of sp³-hybridized carbons (Fsp3) is 0.235. The Morgan fingerprint density at radius 2 is 1.84 bits per heavy atom. The van der Waals surface area contributed by atoms with Gasteiger partial charge >= 0.3 is 5.69 Å². The highest BCUT2D eigenvalue weighted by molar-refractivity contribution is 5.80. The zero-order valence-corrected chi connectivity index (χ0v) is 13.4. The van der Waals surface area contributed by atoms with Crippen LogP contribution in [0, 0.1) is 21.7 Å². The largest absolute Gasteiger partial charge is 0.474 e. The van der Waals surface area contributed by atoms with Crippen LogP contribution in [0.3, 0.4) is 0 Å². The van der Waals surface area contributed by atoms with Crippen LogP contribution in [0.15, 0.2) is 42.5 Å². The Labute approximate surface area is 142 Å². The molecule has 0 unspecified atom stereocenters. The van der Waals surface area contributed by atoms with E-state index in [9.17, 15) is 23.7 Å². The van der Waals surface area contributed by atoms with Gasteiger partial charge in [-0.2, -0.15) is 0 Å². The molecule has 25 heavy (non-hydrogen) atoms. The van der Waals surface area contributed by atoms with Gasteiger partial charge in [-0.3, -0.25) is 14.9 Å². The van der Waals surface area contributed by atoms with Gasteiger partial charge in [-0.25, -0.2) is 8.78 Å². The normalized spacial score (nSPS) is 11.6. The maximum Gasteiger partial charge on any atom is 0.311 e. The summed E-state index contributed by atoms with van der Waals surface area (Å²) in [7, 11) is 0. The Balaban J connectivity index is 1.91. The van der Waals surface area contributed by atoms with Crippen LogP contribution in [-0.2, 0) is 11.2 Å². The van der Waals surface area contributed by atoms with Gasteiger partial charge in [0.05, 0.1) is 4.92 Å². The number of nitro benzene ring substituents is 1. The molecule has 1 N–H and O–H groups in total. The number of hydrogen-bond donors (Lipinski definition) is 1. The lowest BCUT2D eigenvalue weighted by atomic mass is 10.1. The van der Waals surface area contributed by atoms with Crippen molar-refractivity contribution in [2.75, 3.05) is 6.54 Å². The van der Waals surface area contributed by atoms with Crippen LogP contribution in [0.2, 0.25) is 0 Å². The molecule has 1 amide bonds. The van der Waals surface area contributed by atoms with E-state index in [-0.39, 0.29) is 18.1 Å². The monoisotopic (exact) mass is 350 g/mol. The van der Waals surface area contributed by atoms with Crippen molar-refractivity contribution in [1.29, 1.82) is 0 Å². The van der Waals surface area contributed by atoms with Gasteiger partial charge in [0.2, 0.25) is 5.75 Å². The van der Waals surface area contributed by atoms with E-state index in [1.165, 1.54) is 19.1 Å². The first-order valence-corrected chi connectivity index (χ1v) is 7.49. The fourth-order valence-electron chi connectivity index (χ4n) is 2.10. The molecule has 2 aromatic rings. The average Bonchev–Trinajstić information content (AvgIpc) is 2.56. The first-order valence-electron chi connectivity index (χ1n) is 7.49. The summed E-state index contributed by atoms with van der Waals surface area (Å²) in [4.78, 5) is 22.2. The first kappa shape index (κ1) is 18.3. The lowest BCUT2D eigenvalue weighted by Gasteiger charge is -2.14. The summed E-state index contributed by atoms with van der Waals surface area (Å²) in [6.45, 7) is 1.69. The second kappa shape index (κ2) is 8.18. The Kier molecular flexibility index (Phi) is 5.99. The lowest BCUT2D eigenvalue weighted by Crippen LogP contribution is -2.37. The second-order valence-electron chi connectivity index (χ2n) is 5.30. The SMILES string of the molecule is C[C@@H](Oc1cc(F)ccc1[N+](=O)[O-])C(=O)NCCc1ccc(F)cc1. The highest BCUT2D eigenvalue weighted by atomic mass is 19.1. The third-order valence-electron chi connectivity index (χ3n) is 3.42. The van der Waals surface area contributed by atoms with Crippen molar-refractivity contribution in [3.63, 3.8) is 0 Å². The highest BCUT2D eigenvalue weighted by Crippen LogP contribution is 2.28. The molecular formula is C17H16F2N2O4. The molecule has 8 heteroatoms. The summed E-state index contributed by atoms with van der Waals surface area (Å²) in [5.74, 6) is -1.86. The second-order valence-corrected chi connectivity index (χ2v) is 5.30. The standard InChI is InChI=1S/C17H16F2N2O4/c1-11(25-16-10-14(19)6-7-15(16)21(23)24)17(22)20-9-8-12-2-4-13(18)5-3-12/h2-7,10-11H,8-9H2,1H3,(H,20,22)/t11-/m1/s1. The molecule has 0 spiro atoms. The number of nitrogens with one attached hydrogen (secondary N) is 1. The highest BCUT2D eigenvalue weighted by Gasteiger charge is 2.21. The number of carbonyl (C=O) groups excluding carboxylic acids is 1. The number of hydrogen-bond acceptors (Lipinski definition) is 4. The molecule has 0 aliphatic carbocycles. The van der Waals surface area contributed by atoms with E-state index in [4.69, 9.17) is 4.74 Å². The molecule has 0 aliphatic heterocycles. The topological polar surface area (TPSA) is 81.5 Å². The van der Waals surface area contributed by atoms with E-state index >= 15 is 0 Å². The van der Waals surface area contributed by atoms with Crippen molar-refractivity contribution in [3.8, 4) is 5.75 Å². The van der Waals surface area contributed by atoms with Crippen LogP contribution in [0.5, 0.6) is 5.75 Å². The summed E-state index contributed by atoms with van der Waals surface area (Å²) in [5, 5.41) is 13.5. The molecular weight excluding hydrogens is 334 g/mol. The molecule has 0 heterocycles. The summed E-state index contributed by atoms with van der Waals surface area (Å²) in [5.41, 5.74) is 0.420. The third kappa shape index (κ3) is 5.23. The first-order chi connectivity index (χ1) is 11.9. The van der Waals surface area contributed by atoms with Crippen LogP contribution >= 0.6 is 0 Å². The number of ether oxygens (including phenoxy) is 1. The van der Waals surface area contributed by atoms with Crippen LogP contribution < -0.4 is 10.1 Å². The molecule has 0 saturated heterocycles. The van der Waals surface area contributed by atoms with Crippen molar-refractivity contribution in [2.24, 2.45) is 0 Å². The fourth-order valence-corrected chi connectivity index (χ4v) is 2.10. The predicted molar refractivity (Wildman–Crippen MR) is 86.3 cm³/mol. The number of carbonyl (C=O) groups is 1. The Bertz CT molecular complexity index is 766. The summed E-state index contributed by atoms with van der Waals surface area (Å²) in [6.07, 6.45) is -0.563. The maximum atomic E-state index is 13.3. The van der Waals surface area contributed by atoms with Gasteiger partial charge in [-0.15, -0.1) is 0 Å². The number of amides is 1. The number of rotatable bonds is 7. The predicted octanol–water partition coefficient (Wildman–Crippen LogP) is 3.00. The van der Waals surface area contributed by atoms with Crippen molar-refractivity contribution in [2.45, 2.75) is 19.4 Å². The zero-order chi connectivity index (χ0) is 18.4. The number of nitro groups is 1. The van der Waals surface area contributed by atoms with Crippen LogP contribution in [0.1, 0.15) is 12.5 Å². The Hall–Kier alpha value is -3.03. The molecule has 6 nitrogen and oxygen atoms in total. The minimum Gasteiger partial charge on any atom is -0.474 e. The van der Waals surface area contributed by atoms with Crippen LogP contribution in [0.4, 0.5) is 14.5 Å². The van der Waals surface area contributed by atoms with Gasteiger partial charge in [0.1, 0.15) is 11.6 Å². The maximum absolute atomic E-state index is 13.3. The van der Waals surface area contributed by atoms with Crippen LogP contribution in [-0.4, -0.2) is 23.5 Å². The molecule has 2 rings (SSSR count). The lowest BCUT2D eigenvalue weighted by molar-refractivity contribution is -0.386. The van der Waals surface area contributed by atoms with E-state index in [0.29, 0.717) is 6.42 Å². The molecule has 0 radical (unpaired) electrons. The zero-order valence-electron chi connectivity index (χ0n) is 13.4. The minimum atomic E-state index is -1.05. The smallest absolute Gasteiger partial charge is 0.311 e. The minimum absolute atomic E-state index is 0.281. The van der Waals surface area contributed by atoms with Gasteiger partial charge in [-0.05, 0) is 37.1 Å². The molecule has 2 aromatic carbocycles. The van der Waals surface area contributed by atoms with Gasteiger partial charge in [-0.1, -0.05) is 12.1 Å². The van der Waals surface area contributed by atoms with Gasteiger partial charge in [0, 0.05) is 18.7 Å². The van der Waals surface area contributed by atoms with Gasteiger partial charge in [0.25, 0.3) is 5.91 Å². The Morgan fingerprint density at radius 1 is 1.20 bits per heavy atom. The molecule has 132 valence electrons. The van der Waals surface area contributed by atoms with Crippen molar-refractivity contribution in [1.82, 2.24) is 5.32 Å². The van der Waals surface area contributed by atoms with E-state index in [1.54, 1.807) is 12.1 Å². The number of halogens is 2. The molecule has 0 aromatic heterocycles. The number of nitrogens with zero attached hydrogens (tertiary/aromatic N) is 1. The van der Waals surface area contributed by atoms with E-state index in [1.807, 2.05) is 0 Å². The molecule has 0 aliphatic rings. The summed E-state index contributed by atoms with van der Waals surface area (Å²) in [6, 6.07) is 8.65. The van der Waals surface area contributed by atoms with E-state index in [2.05, 4.69) is 5.32 Å². The third-order valence-corrected chi connectivity index (χ3v) is 3.42. The summed E-state index contributed by atoms with van der Waals surface area (Å²) >= 11 is 0. The molecule has 0 bridgehead atoms. The van der Waals surface area contributed by atoms with Gasteiger partial charge in [0.15, 0.2) is 6.10 Å². The Morgan fingerprint density at radius 3 is 2.48 bits per heavy atom. The summed E-state index contributed by atoms with van der Waals surface area (Å²) < 4.78 is 31.3. The van der Waals surface area contributed by atoms with Crippen LogP contribution in [0.25, 0.3) is 0 Å². The molecule has 0 saturated carbocycles. The van der Waals surface area contributed by atoms with E-state index in [0.717, 1.165) is 23.8 Å².